The minimum Gasteiger partial charge on any atom is -0.398 e. The molecule has 88 valence electrons. The van der Waals surface area contributed by atoms with E-state index in [9.17, 15) is 4.21 Å². The zero-order chi connectivity index (χ0) is 11.5. The lowest BCUT2D eigenvalue weighted by atomic mass is 10.2. The quantitative estimate of drug-likeness (QED) is 0.846. The number of nitrogen functional groups attached to an aromatic ring is 1. The Morgan fingerprint density at radius 3 is 2.69 bits per heavy atom. The fraction of sp³-hybridized carbons (Fsp3) is 0.500. The second kappa shape index (κ2) is 5.19. The first kappa shape index (κ1) is 11.9. The Labute approximate surface area is 104 Å². The molecule has 0 amide bonds. The van der Waals surface area contributed by atoms with E-state index in [1.54, 1.807) is 6.07 Å². The Hall–Kier alpha value is -0.540. The van der Waals surface area contributed by atoms with Crippen molar-refractivity contribution in [3.8, 4) is 0 Å². The van der Waals surface area contributed by atoms with E-state index in [0.29, 0.717) is 21.7 Å². The number of anilines is 1. The van der Waals surface area contributed by atoms with Gasteiger partial charge in [0.2, 0.25) is 0 Å². The Morgan fingerprint density at radius 2 is 2.06 bits per heavy atom. The molecule has 1 unspecified atom stereocenters. The highest BCUT2D eigenvalue weighted by molar-refractivity contribution is 7.84. The predicted octanol–water partition coefficient (Wildman–Crippen LogP) is 3.11. The topological polar surface area (TPSA) is 43.1 Å². The third-order valence-electron chi connectivity index (χ3n) is 3.12. The summed E-state index contributed by atoms with van der Waals surface area (Å²) in [7, 11) is -0.831. The van der Waals surface area contributed by atoms with Crippen LogP contribution >= 0.6 is 11.6 Å². The van der Waals surface area contributed by atoms with Gasteiger partial charge in [0.05, 0.1) is 5.75 Å². The molecule has 2 rings (SSSR count). The summed E-state index contributed by atoms with van der Waals surface area (Å²) in [5, 5.41) is 0.974. The van der Waals surface area contributed by atoms with E-state index < -0.39 is 10.8 Å². The molecular formula is C12H16ClNOS. The fourth-order valence-corrected chi connectivity index (χ4v) is 4.17. The van der Waals surface area contributed by atoms with Crippen molar-refractivity contribution in [2.24, 2.45) is 0 Å². The van der Waals surface area contributed by atoms with E-state index in [2.05, 4.69) is 0 Å². The van der Waals surface area contributed by atoms with E-state index in [1.807, 2.05) is 12.1 Å². The van der Waals surface area contributed by atoms with E-state index >= 15 is 0 Å². The second-order valence-electron chi connectivity index (χ2n) is 4.24. The molecule has 0 radical (unpaired) electrons. The summed E-state index contributed by atoms with van der Waals surface area (Å²) in [6.45, 7) is 0. The molecule has 0 bridgehead atoms. The van der Waals surface area contributed by atoms with Crippen LogP contribution in [-0.4, -0.2) is 9.46 Å². The number of rotatable bonds is 3. The summed E-state index contributed by atoms with van der Waals surface area (Å²) in [6.07, 6.45) is 4.57. The van der Waals surface area contributed by atoms with E-state index in [4.69, 9.17) is 17.3 Å². The molecule has 1 aromatic carbocycles. The van der Waals surface area contributed by atoms with Gasteiger partial charge in [0.1, 0.15) is 0 Å². The molecule has 1 aromatic rings. The molecule has 1 atom stereocenters. The zero-order valence-corrected chi connectivity index (χ0v) is 10.7. The molecule has 2 nitrogen and oxygen atoms in total. The second-order valence-corrected chi connectivity index (χ2v) is 6.36. The number of hydrogen-bond donors (Lipinski definition) is 1. The third kappa shape index (κ3) is 2.58. The Balaban J connectivity index is 2.11. The highest BCUT2D eigenvalue weighted by Crippen LogP contribution is 2.28. The van der Waals surface area contributed by atoms with Gasteiger partial charge in [-0.2, -0.15) is 0 Å². The Kier molecular flexibility index (Phi) is 3.87. The fourth-order valence-electron chi connectivity index (χ4n) is 2.14. The van der Waals surface area contributed by atoms with Gasteiger partial charge in [-0.15, -0.1) is 0 Å². The lowest BCUT2D eigenvalue weighted by molar-refractivity contribution is 0.668. The van der Waals surface area contributed by atoms with Gasteiger partial charge in [-0.25, -0.2) is 0 Å². The molecule has 4 heteroatoms. The van der Waals surface area contributed by atoms with Crippen LogP contribution in [0.15, 0.2) is 18.2 Å². The van der Waals surface area contributed by atoms with Crippen molar-refractivity contribution in [2.45, 2.75) is 36.7 Å². The third-order valence-corrected chi connectivity index (χ3v) is 5.26. The smallest absolute Gasteiger partial charge is 0.0523 e. The number of benzene rings is 1. The summed E-state index contributed by atoms with van der Waals surface area (Å²) < 4.78 is 12.1. The van der Waals surface area contributed by atoms with Crippen LogP contribution in [0.3, 0.4) is 0 Å². The first-order valence-corrected chi connectivity index (χ1v) is 7.34. The SMILES string of the molecule is Nc1cccc(Cl)c1CS(=O)C1CCCC1. The highest BCUT2D eigenvalue weighted by Gasteiger charge is 2.22. The average molecular weight is 258 g/mol. The number of halogens is 1. The van der Waals surface area contributed by atoms with Crippen molar-refractivity contribution in [3.05, 3.63) is 28.8 Å². The van der Waals surface area contributed by atoms with Crippen molar-refractivity contribution in [1.29, 1.82) is 0 Å². The van der Waals surface area contributed by atoms with Crippen molar-refractivity contribution in [1.82, 2.24) is 0 Å². The monoisotopic (exact) mass is 257 g/mol. The molecule has 0 aromatic heterocycles. The molecule has 1 aliphatic rings. The number of hydrogen-bond acceptors (Lipinski definition) is 2. The molecular weight excluding hydrogens is 242 g/mol. The van der Waals surface area contributed by atoms with Crippen molar-refractivity contribution >= 4 is 28.1 Å². The summed E-state index contributed by atoms with van der Waals surface area (Å²) >= 11 is 6.07. The molecule has 16 heavy (non-hydrogen) atoms. The average Bonchev–Trinajstić information content (AvgIpc) is 2.76. The van der Waals surface area contributed by atoms with Crippen LogP contribution in [-0.2, 0) is 16.6 Å². The molecule has 1 fully saturated rings. The Bertz CT molecular complexity index is 382. The maximum Gasteiger partial charge on any atom is 0.0523 e. The van der Waals surface area contributed by atoms with Crippen molar-refractivity contribution in [3.63, 3.8) is 0 Å². The minimum absolute atomic E-state index is 0.343. The van der Waals surface area contributed by atoms with Crippen LogP contribution in [0.4, 0.5) is 5.69 Å². The molecule has 0 heterocycles. The molecule has 0 spiro atoms. The molecule has 2 N–H and O–H groups in total. The summed E-state index contributed by atoms with van der Waals surface area (Å²) in [4.78, 5) is 0. The first-order chi connectivity index (χ1) is 7.68. The van der Waals surface area contributed by atoms with Gasteiger partial charge in [0.15, 0.2) is 0 Å². The van der Waals surface area contributed by atoms with Crippen LogP contribution in [0.1, 0.15) is 31.2 Å². The molecule has 1 saturated carbocycles. The normalized spacial score (nSPS) is 18.8. The van der Waals surface area contributed by atoms with E-state index in [-0.39, 0.29) is 0 Å². The lowest BCUT2D eigenvalue weighted by Crippen LogP contribution is -2.13. The maximum atomic E-state index is 12.1. The van der Waals surface area contributed by atoms with Crippen LogP contribution < -0.4 is 5.73 Å². The summed E-state index contributed by atoms with van der Waals surface area (Å²) in [5.41, 5.74) is 7.34. The first-order valence-electron chi connectivity index (χ1n) is 5.58. The van der Waals surface area contributed by atoms with Crippen LogP contribution in [0.5, 0.6) is 0 Å². The van der Waals surface area contributed by atoms with E-state index in [0.717, 1.165) is 18.4 Å². The van der Waals surface area contributed by atoms with Gasteiger partial charge < -0.3 is 5.73 Å². The van der Waals surface area contributed by atoms with Gasteiger partial charge in [-0.3, -0.25) is 4.21 Å². The largest absolute Gasteiger partial charge is 0.398 e. The lowest BCUT2D eigenvalue weighted by Gasteiger charge is -2.11. The van der Waals surface area contributed by atoms with Crippen LogP contribution in [0, 0.1) is 0 Å². The molecule has 0 aliphatic heterocycles. The highest BCUT2D eigenvalue weighted by atomic mass is 35.5. The predicted molar refractivity (Wildman–Crippen MR) is 70.0 cm³/mol. The summed E-state index contributed by atoms with van der Waals surface area (Å²) in [6, 6.07) is 5.44. The van der Waals surface area contributed by atoms with Gasteiger partial charge in [0, 0.05) is 32.3 Å². The molecule has 0 saturated heterocycles. The summed E-state index contributed by atoms with van der Waals surface area (Å²) in [5.74, 6) is 0.496. The van der Waals surface area contributed by atoms with Crippen LogP contribution in [0.2, 0.25) is 5.02 Å². The van der Waals surface area contributed by atoms with Crippen molar-refractivity contribution in [2.75, 3.05) is 5.73 Å². The van der Waals surface area contributed by atoms with Gasteiger partial charge in [0.25, 0.3) is 0 Å². The van der Waals surface area contributed by atoms with Crippen LogP contribution in [0.25, 0.3) is 0 Å². The number of nitrogens with two attached hydrogens (primary N) is 1. The standard InChI is InChI=1S/C12H16ClNOS/c13-11-6-3-7-12(14)10(11)8-16(15)9-4-1-2-5-9/h3,6-7,9H,1-2,4-5,8,14H2. The Morgan fingerprint density at radius 1 is 1.38 bits per heavy atom. The maximum absolute atomic E-state index is 12.1. The zero-order valence-electron chi connectivity index (χ0n) is 9.12. The van der Waals surface area contributed by atoms with Gasteiger partial charge in [-0.05, 0) is 25.0 Å². The van der Waals surface area contributed by atoms with Gasteiger partial charge >= 0.3 is 0 Å². The van der Waals surface area contributed by atoms with Crippen molar-refractivity contribution < 1.29 is 4.21 Å². The van der Waals surface area contributed by atoms with Gasteiger partial charge in [-0.1, -0.05) is 30.5 Å². The minimum atomic E-state index is -0.831. The van der Waals surface area contributed by atoms with E-state index in [1.165, 1.54) is 12.8 Å². The molecule has 1 aliphatic carbocycles.